The lowest BCUT2D eigenvalue weighted by molar-refractivity contribution is 0.0634. The predicted octanol–water partition coefficient (Wildman–Crippen LogP) is 4.32. The van der Waals surface area contributed by atoms with Crippen molar-refractivity contribution in [2.24, 2.45) is 0 Å². The smallest absolute Gasteiger partial charge is 0.300 e. The highest BCUT2D eigenvalue weighted by molar-refractivity contribution is 14.1. The Morgan fingerprint density at radius 1 is 1.23 bits per heavy atom. The minimum atomic E-state index is -3.12. The molecule has 4 heterocycles. The van der Waals surface area contributed by atoms with E-state index < -0.39 is 5.66 Å². The molecule has 1 saturated heterocycles. The summed E-state index contributed by atoms with van der Waals surface area (Å²) in [6.07, 6.45) is 3.05. The van der Waals surface area contributed by atoms with Crippen LogP contribution in [0.4, 0.5) is 20.5 Å². The third-order valence-corrected chi connectivity index (χ3v) is 6.14. The van der Waals surface area contributed by atoms with E-state index in [9.17, 15) is 8.78 Å². The van der Waals surface area contributed by atoms with E-state index in [1.165, 1.54) is 6.20 Å². The summed E-state index contributed by atoms with van der Waals surface area (Å²) in [5.74, 6) is 1.15. The van der Waals surface area contributed by atoms with E-state index in [0.29, 0.717) is 42.7 Å². The van der Waals surface area contributed by atoms with Crippen LogP contribution < -0.4 is 8.01 Å². The van der Waals surface area contributed by atoms with Crippen molar-refractivity contribution in [3.8, 4) is 0 Å². The van der Waals surface area contributed by atoms with E-state index in [0.717, 1.165) is 5.39 Å². The average Bonchev–Trinajstić information content (AvgIpc) is 2.72. The fourth-order valence-electron chi connectivity index (χ4n) is 3.56. The molecule has 0 amide bonds. The molecule has 3 aromatic heterocycles. The van der Waals surface area contributed by atoms with Crippen LogP contribution in [0.5, 0.6) is 0 Å². The summed E-state index contributed by atoms with van der Waals surface area (Å²) in [5, 5.41) is 0.745. The van der Waals surface area contributed by atoms with Gasteiger partial charge in [0.2, 0.25) is 5.95 Å². The number of anilines is 2. The van der Waals surface area contributed by atoms with Gasteiger partial charge < -0.3 is 9.64 Å². The number of morpholine rings is 1. The molecular formula is C20H22F2IN6OP. The first-order chi connectivity index (χ1) is 14.7. The van der Waals surface area contributed by atoms with Crippen LogP contribution in [0, 0.1) is 0 Å². The van der Waals surface area contributed by atoms with Crippen LogP contribution in [0.15, 0.2) is 36.7 Å². The summed E-state index contributed by atoms with van der Waals surface area (Å²) >= 11 is 2.09. The molecule has 164 valence electrons. The Hall–Kier alpha value is -1.78. The Bertz CT molecular complexity index is 1100. The van der Waals surface area contributed by atoms with Crippen LogP contribution in [0.2, 0.25) is 0 Å². The summed E-state index contributed by atoms with van der Waals surface area (Å²) in [6.45, 7) is 6.13. The summed E-state index contributed by atoms with van der Waals surface area (Å²) < 4.78 is 35.5. The number of nitrogens with zero attached hydrogens (tertiary/aromatic N) is 6. The van der Waals surface area contributed by atoms with Crippen LogP contribution in [-0.4, -0.2) is 45.2 Å². The summed E-state index contributed by atoms with van der Waals surface area (Å²) in [5.41, 5.74) is -2.71. The van der Waals surface area contributed by atoms with Crippen LogP contribution >= 0.6 is 32.1 Å². The first kappa shape index (κ1) is 22.4. The third-order valence-electron chi connectivity index (χ3n) is 5.07. The second-order valence-corrected chi connectivity index (χ2v) is 9.78. The molecule has 0 aliphatic carbocycles. The van der Waals surface area contributed by atoms with Crippen LogP contribution in [0.1, 0.15) is 25.1 Å². The third kappa shape index (κ3) is 4.70. The molecule has 0 aromatic carbocycles. The van der Waals surface area contributed by atoms with Gasteiger partial charge in [-0.05, 0) is 32.0 Å². The molecule has 1 unspecified atom stereocenters. The van der Waals surface area contributed by atoms with Crippen molar-refractivity contribution in [1.29, 1.82) is 0 Å². The topological polar surface area (TPSA) is 67.3 Å². The Morgan fingerprint density at radius 2 is 1.97 bits per heavy atom. The monoisotopic (exact) mass is 558 g/mol. The van der Waals surface area contributed by atoms with E-state index in [1.807, 2.05) is 12.1 Å². The van der Waals surface area contributed by atoms with Gasteiger partial charge in [0.25, 0.3) is 0 Å². The highest BCUT2D eigenvalue weighted by Crippen LogP contribution is 2.37. The van der Waals surface area contributed by atoms with Gasteiger partial charge in [-0.2, -0.15) is 18.7 Å². The maximum atomic E-state index is 14.0. The second kappa shape index (κ2) is 8.63. The molecule has 0 spiro atoms. The van der Waals surface area contributed by atoms with Crippen LogP contribution in [0.25, 0.3) is 11.0 Å². The van der Waals surface area contributed by atoms with Gasteiger partial charge in [0.1, 0.15) is 5.69 Å². The van der Waals surface area contributed by atoms with E-state index in [-0.39, 0.29) is 17.8 Å². The fraction of sp³-hybridized carbons (Fsp3) is 0.400. The first-order valence-corrected chi connectivity index (χ1v) is 11.2. The second-order valence-electron chi connectivity index (χ2n) is 7.89. The number of aromatic nitrogens is 4. The van der Waals surface area contributed by atoms with Gasteiger partial charge >= 0.3 is 5.66 Å². The molecule has 0 bridgehead atoms. The number of fused-ring (bicyclic) bond motifs is 1. The van der Waals surface area contributed by atoms with Gasteiger partial charge in [0, 0.05) is 24.5 Å². The van der Waals surface area contributed by atoms with E-state index in [2.05, 4.69) is 56.6 Å². The summed E-state index contributed by atoms with van der Waals surface area (Å²) in [7, 11) is 1.56. The van der Waals surface area contributed by atoms with Gasteiger partial charge in [-0.1, -0.05) is 15.3 Å². The maximum Gasteiger partial charge on any atom is 0.300 e. The molecule has 4 rings (SSSR count). The number of pyridine rings is 2. The van der Waals surface area contributed by atoms with Crippen molar-refractivity contribution >= 4 is 54.9 Å². The lowest BCUT2D eigenvalue weighted by atomic mass is 10.0. The molecule has 3 aromatic rings. The Balaban J connectivity index is 1.77. The molecule has 1 aliphatic heterocycles. The summed E-state index contributed by atoms with van der Waals surface area (Å²) in [4.78, 5) is 19.9. The normalized spacial score (nSPS) is 16.5. The largest absolute Gasteiger partial charge is 0.377 e. The predicted molar refractivity (Wildman–Crippen MR) is 128 cm³/mol. The van der Waals surface area contributed by atoms with Crippen LogP contribution in [-0.2, 0) is 16.9 Å². The van der Waals surface area contributed by atoms with Gasteiger partial charge in [-0.25, -0.2) is 4.98 Å². The zero-order valence-corrected chi connectivity index (χ0v) is 20.4. The molecule has 1 aliphatic rings. The van der Waals surface area contributed by atoms with Crippen molar-refractivity contribution in [1.82, 2.24) is 19.9 Å². The SMILES string of the molecule is CC1(C)COCCN1c1nc(N(I)Cc2cccnc2C(F)(F)P)c2cccnc2n1. The zero-order chi connectivity index (χ0) is 22.2. The van der Waals surface area contributed by atoms with Crippen molar-refractivity contribution in [2.75, 3.05) is 27.8 Å². The Morgan fingerprint density at radius 3 is 2.71 bits per heavy atom. The van der Waals surface area contributed by atoms with Crippen molar-refractivity contribution < 1.29 is 13.5 Å². The molecule has 0 N–H and O–H groups in total. The highest BCUT2D eigenvalue weighted by atomic mass is 127. The molecule has 31 heavy (non-hydrogen) atoms. The lowest BCUT2D eigenvalue weighted by Gasteiger charge is -2.42. The lowest BCUT2D eigenvalue weighted by Crippen LogP contribution is -2.54. The number of ether oxygens (including phenoxy) is 1. The Labute approximate surface area is 195 Å². The molecule has 11 heteroatoms. The Kier molecular flexibility index (Phi) is 6.24. The molecule has 0 saturated carbocycles. The standard InChI is InChI=1S/C20H22F2IN6OP/c1-19(2)12-30-10-9-28(19)18-26-16-14(6-4-8-25-16)17(27-18)29(23)11-13-5-3-7-24-15(13)20(21,22)31/h3-8H,9-12,31H2,1-2H3. The molecule has 0 radical (unpaired) electrons. The zero-order valence-electron chi connectivity index (χ0n) is 17.1. The maximum absolute atomic E-state index is 14.0. The highest BCUT2D eigenvalue weighted by Gasteiger charge is 2.34. The van der Waals surface area contributed by atoms with Crippen LogP contribution in [0.3, 0.4) is 0 Å². The van der Waals surface area contributed by atoms with Crippen molar-refractivity contribution in [3.63, 3.8) is 0 Å². The number of hydrogen-bond donors (Lipinski definition) is 0. The minimum Gasteiger partial charge on any atom is -0.377 e. The van der Waals surface area contributed by atoms with Gasteiger partial charge in [0.15, 0.2) is 11.5 Å². The van der Waals surface area contributed by atoms with Crippen molar-refractivity contribution in [2.45, 2.75) is 31.6 Å². The molecule has 1 fully saturated rings. The molecule has 7 nitrogen and oxygen atoms in total. The van der Waals surface area contributed by atoms with E-state index >= 15 is 0 Å². The first-order valence-electron chi connectivity index (χ1n) is 9.69. The summed E-state index contributed by atoms with van der Waals surface area (Å²) in [6, 6.07) is 7.00. The minimum absolute atomic E-state index is 0.195. The van der Waals surface area contributed by atoms with Crippen molar-refractivity contribution in [3.05, 3.63) is 47.9 Å². The number of alkyl halides is 2. The number of hydrogen-bond acceptors (Lipinski definition) is 7. The van der Waals surface area contributed by atoms with E-state index in [4.69, 9.17) is 9.72 Å². The van der Waals surface area contributed by atoms with Gasteiger partial charge in [-0.15, -0.1) is 0 Å². The fourth-order valence-corrected chi connectivity index (χ4v) is 4.56. The molecule has 1 atom stereocenters. The molecular weight excluding hydrogens is 536 g/mol. The van der Waals surface area contributed by atoms with E-state index in [1.54, 1.807) is 30.7 Å². The van der Waals surface area contributed by atoms with Gasteiger partial charge in [0.05, 0.1) is 53.5 Å². The number of halogens is 3. The average molecular weight is 558 g/mol. The number of rotatable bonds is 5. The van der Waals surface area contributed by atoms with Gasteiger partial charge in [-0.3, -0.25) is 8.10 Å². The quantitative estimate of drug-likeness (QED) is 0.263.